The first-order valence-electron chi connectivity index (χ1n) is 7.53. The van der Waals surface area contributed by atoms with E-state index < -0.39 is 0 Å². The summed E-state index contributed by atoms with van der Waals surface area (Å²) >= 11 is 0. The predicted molar refractivity (Wildman–Crippen MR) is 97.3 cm³/mol. The number of oxime groups is 1. The molecule has 0 aliphatic heterocycles. The molecule has 0 unspecified atom stereocenters. The van der Waals surface area contributed by atoms with Crippen LogP contribution in [0.1, 0.15) is 5.56 Å². The second-order valence-corrected chi connectivity index (χ2v) is 5.00. The summed E-state index contributed by atoms with van der Waals surface area (Å²) in [6.07, 6.45) is 2.85. The van der Waals surface area contributed by atoms with Crippen molar-refractivity contribution in [1.82, 2.24) is 9.97 Å². The lowest BCUT2D eigenvalue weighted by Gasteiger charge is -2.10. The Hall–Kier alpha value is -3.61. The van der Waals surface area contributed by atoms with E-state index in [1.54, 1.807) is 0 Å². The number of ether oxygens (including phenoxy) is 1. The minimum absolute atomic E-state index is 0.308. The minimum atomic E-state index is 0.308. The van der Waals surface area contributed by atoms with Gasteiger partial charge >= 0.3 is 0 Å². The molecule has 3 N–H and O–H groups in total. The number of benzene rings is 2. The molecule has 1 aromatic heterocycles. The van der Waals surface area contributed by atoms with E-state index in [1.807, 2.05) is 54.6 Å². The molecule has 7 heteroatoms. The van der Waals surface area contributed by atoms with Crippen LogP contribution in [0, 0.1) is 0 Å². The highest BCUT2D eigenvalue weighted by Crippen LogP contribution is 2.25. The molecule has 0 spiro atoms. The van der Waals surface area contributed by atoms with Gasteiger partial charge < -0.3 is 20.6 Å². The standard InChI is InChI=1S/C18H17N5O2/c1-24-22-11-16-17(19)20-12-21-18(16)23-13-7-9-15(10-8-13)25-14-5-3-2-4-6-14/h2-12H,1H3,(H3,19,20,21,23)/b22-11+. The lowest BCUT2D eigenvalue weighted by Crippen LogP contribution is -2.05. The zero-order valence-corrected chi connectivity index (χ0v) is 13.6. The quantitative estimate of drug-likeness (QED) is 0.528. The third-order valence-corrected chi connectivity index (χ3v) is 3.30. The van der Waals surface area contributed by atoms with E-state index in [9.17, 15) is 0 Å². The summed E-state index contributed by atoms with van der Waals surface area (Å²) < 4.78 is 5.77. The maximum absolute atomic E-state index is 5.87. The van der Waals surface area contributed by atoms with E-state index >= 15 is 0 Å². The van der Waals surface area contributed by atoms with Crippen LogP contribution in [-0.2, 0) is 4.84 Å². The van der Waals surface area contributed by atoms with Gasteiger partial charge in [-0.1, -0.05) is 23.4 Å². The van der Waals surface area contributed by atoms with Crippen molar-refractivity contribution in [1.29, 1.82) is 0 Å². The summed E-state index contributed by atoms with van der Waals surface area (Å²) in [6, 6.07) is 17.1. The smallest absolute Gasteiger partial charge is 0.144 e. The molecule has 0 fully saturated rings. The molecular weight excluding hydrogens is 318 g/mol. The van der Waals surface area contributed by atoms with Crippen LogP contribution < -0.4 is 15.8 Å². The van der Waals surface area contributed by atoms with Crippen LogP contribution in [0.25, 0.3) is 0 Å². The fraction of sp³-hybridized carbons (Fsp3) is 0.0556. The normalized spacial score (nSPS) is 10.6. The molecule has 1 heterocycles. The molecule has 0 saturated heterocycles. The largest absolute Gasteiger partial charge is 0.457 e. The number of rotatable bonds is 6. The van der Waals surface area contributed by atoms with Crippen molar-refractivity contribution in [2.24, 2.45) is 5.16 Å². The molecule has 0 aliphatic carbocycles. The molecule has 2 aromatic carbocycles. The number of anilines is 3. The summed E-state index contributed by atoms with van der Waals surface area (Å²) in [5.74, 6) is 2.36. The number of nitrogens with zero attached hydrogens (tertiary/aromatic N) is 3. The van der Waals surface area contributed by atoms with Gasteiger partial charge in [0.05, 0.1) is 11.8 Å². The van der Waals surface area contributed by atoms with Gasteiger partial charge in [-0.15, -0.1) is 0 Å². The Kier molecular flexibility index (Phi) is 5.06. The van der Waals surface area contributed by atoms with Crippen molar-refractivity contribution in [2.45, 2.75) is 0 Å². The van der Waals surface area contributed by atoms with Crippen LogP contribution in [0.2, 0.25) is 0 Å². The molecule has 0 saturated carbocycles. The van der Waals surface area contributed by atoms with Gasteiger partial charge in [0.1, 0.15) is 36.6 Å². The van der Waals surface area contributed by atoms with E-state index in [-0.39, 0.29) is 0 Å². The third-order valence-electron chi connectivity index (χ3n) is 3.30. The molecule has 0 radical (unpaired) electrons. The Labute approximate surface area is 145 Å². The van der Waals surface area contributed by atoms with Crippen molar-refractivity contribution >= 4 is 23.5 Å². The third kappa shape index (κ3) is 4.23. The summed E-state index contributed by atoms with van der Waals surface area (Å²) in [4.78, 5) is 12.8. The highest BCUT2D eigenvalue weighted by Gasteiger charge is 2.08. The summed E-state index contributed by atoms with van der Waals surface area (Å²) in [5.41, 5.74) is 7.24. The van der Waals surface area contributed by atoms with E-state index in [4.69, 9.17) is 15.3 Å². The first kappa shape index (κ1) is 16.3. The van der Waals surface area contributed by atoms with Crippen molar-refractivity contribution in [3.8, 4) is 11.5 Å². The Morgan fingerprint density at radius 1 is 1.00 bits per heavy atom. The minimum Gasteiger partial charge on any atom is -0.457 e. The number of aromatic nitrogens is 2. The van der Waals surface area contributed by atoms with Crippen LogP contribution in [0.5, 0.6) is 11.5 Å². The van der Waals surface area contributed by atoms with Crippen molar-refractivity contribution in [2.75, 3.05) is 18.2 Å². The molecule has 126 valence electrons. The Bertz CT molecular complexity index is 851. The zero-order valence-electron chi connectivity index (χ0n) is 13.6. The molecule has 25 heavy (non-hydrogen) atoms. The first-order chi connectivity index (χ1) is 12.3. The number of nitrogens with two attached hydrogens (primary N) is 1. The van der Waals surface area contributed by atoms with Crippen LogP contribution >= 0.6 is 0 Å². The average Bonchev–Trinajstić information content (AvgIpc) is 2.64. The van der Waals surface area contributed by atoms with Gasteiger partial charge in [-0.3, -0.25) is 0 Å². The van der Waals surface area contributed by atoms with Crippen molar-refractivity contribution in [3.05, 3.63) is 66.5 Å². The number of nitrogens with one attached hydrogen (secondary N) is 1. The second kappa shape index (κ2) is 7.78. The number of hydrogen-bond acceptors (Lipinski definition) is 7. The molecule has 3 aromatic rings. The maximum Gasteiger partial charge on any atom is 0.144 e. The molecular formula is C18H17N5O2. The highest BCUT2D eigenvalue weighted by molar-refractivity contribution is 5.92. The molecule has 0 amide bonds. The monoisotopic (exact) mass is 335 g/mol. The topological polar surface area (TPSA) is 94.7 Å². The average molecular weight is 335 g/mol. The lowest BCUT2D eigenvalue weighted by atomic mass is 10.2. The van der Waals surface area contributed by atoms with Crippen molar-refractivity contribution in [3.63, 3.8) is 0 Å². The fourth-order valence-electron chi connectivity index (χ4n) is 2.11. The van der Waals surface area contributed by atoms with E-state index in [0.29, 0.717) is 17.2 Å². The molecule has 0 bridgehead atoms. The van der Waals surface area contributed by atoms with Gasteiger partial charge in [-0.25, -0.2) is 9.97 Å². The first-order valence-corrected chi connectivity index (χ1v) is 7.53. The van der Waals surface area contributed by atoms with Gasteiger partial charge in [0.15, 0.2) is 0 Å². The van der Waals surface area contributed by atoms with Gasteiger partial charge in [-0.2, -0.15) is 0 Å². The van der Waals surface area contributed by atoms with Crippen LogP contribution in [0.3, 0.4) is 0 Å². The maximum atomic E-state index is 5.87. The molecule has 7 nitrogen and oxygen atoms in total. The van der Waals surface area contributed by atoms with Crippen molar-refractivity contribution < 1.29 is 9.57 Å². The Morgan fingerprint density at radius 2 is 1.72 bits per heavy atom. The fourth-order valence-corrected chi connectivity index (χ4v) is 2.11. The van der Waals surface area contributed by atoms with Crippen LogP contribution in [0.4, 0.5) is 17.3 Å². The predicted octanol–water partition coefficient (Wildman–Crippen LogP) is 3.58. The second-order valence-electron chi connectivity index (χ2n) is 5.00. The summed E-state index contributed by atoms with van der Waals surface area (Å²) in [5, 5.41) is 6.90. The van der Waals surface area contributed by atoms with E-state index in [0.717, 1.165) is 17.2 Å². The van der Waals surface area contributed by atoms with Gasteiger partial charge in [0.25, 0.3) is 0 Å². The number of para-hydroxylation sites is 1. The highest BCUT2D eigenvalue weighted by atomic mass is 16.6. The zero-order chi connectivity index (χ0) is 17.5. The van der Waals surface area contributed by atoms with Gasteiger partial charge in [0, 0.05) is 5.69 Å². The number of hydrogen-bond donors (Lipinski definition) is 2. The van der Waals surface area contributed by atoms with E-state index in [1.165, 1.54) is 19.7 Å². The Morgan fingerprint density at radius 3 is 2.44 bits per heavy atom. The summed E-state index contributed by atoms with van der Waals surface area (Å²) in [6.45, 7) is 0. The SMILES string of the molecule is CO/N=C/c1c(N)ncnc1Nc1ccc(Oc2ccccc2)cc1. The van der Waals surface area contributed by atoms with Gasteiger partial charge in [-0.05, 0) is 36.4 Å². The van der Waals surface area contributed by atoms with E-state index in [2.05, 4.69) is 20.4 Å². The lowest BCUT2D eigenvalue weighted by molar-refractivity contribution is 0.215. The van der Waals surface area contributed by atoms with Crippen LogP contribution in [0.15, 0.2) is 66.1 Å². The Balaban J connectivity index is 1.76. The molecule has 3 rings (SSSR count). The van der Waals surface area contributed by atoms with Gasteiger partial charge in [0.2, 0.25) is 0 Å². The summed E-state index contributed by atoms with van der Waals surface area (Å²) in [7, 11) is 1.45. The number of nitrogen functional groups attached to an aromatic ring is 1. The molecule has 0 aliphatic rings. The van der Waals surface area contributed by atoms with Crippen LogP contribution in [-0.4, -0.2) is 23.3 Å². The molecule has 0 atom stereocenters.